The molecule has 2 amide bonds. The topological polar surface area (TPSA) is 92.2 Å². The second kappa shape index (κ2) is 9.44. The van der Waals surface area contributed by atoms with Crippen LogP contribution < -0.4 is 10.6 Å². The minimum absolute atomic E-state index is 0.0425. The van der Waals surface area contributed by atoms with Gasteiger partial charge in [-0.05, 0) is 42.5 Å². The third-order valence-electron chi connectivity index (χ3n) is 5.79. The predicted octanol–water partition coefficient (Wildman–Crippen LogP) is 4.20. The zero-order valence-corrected chi connectivity index (χ0v) is 20.3. The van der Waals surface area contributed by atoms with E-state index in [1.54, 1.807) is 16.9 Å². The molecule has 0 radical (unpaired) electrons. The molecule has 0 spiro atoms. The van der Waals surface area contributed by atoms with Gasteiger partial charge in [-0.3, -0.25) is 24.5 Å². The van der Waals surface area contributed by atoms with Crippen LogP contribution in [0.4, 0.5) is 10.9 Å². The fraction of sp³-hybridized carbons (Fsp3) is 0.417. The van der Waals surface area contributed by atoms with Crippen LogP contribution in [0.2, 0.25) is 0 Å². The van der Waals surface area contributed by atoms with E-state index in [1.165, 1.54) is 16.9 Å². The number of likely N-dealkylation sites (tertiary alicyclic amines) is 1. The highest BCUT2D eigenvalue weighted by Gasteiger charge is 2.29. The third-order valence-corrected chi connectivity index (χ3v) is 6.56. The first-order chi connectivity index (χ1) is 15.7. The van der Waals surface area contributed by atoms with Gasteiger partial charge in [0.2, 0.25) is 5.91 Å². The van der Waals surface area contributed by atoms with E-state index in [9.17, 15) is 9.59 Å². The fourth-order valence-corrected chi connectivity index (χ4v) is 4.74. The molecule has 1 aromatic carbocycles. The molecule has 2 aromatic heterocycles. The van der Waals surface area contributed by atoms with E-state index in [2.05, 4.69) is 46.4 Å². The highest BCUT2D eigenvalue weighted by molar-refractivity contribution is 7.14. The Hall–Kier alpha value is -3.04. The van der Waals surface area contributed by atoms with Gasteiger partial charge in [-0.2, -0.15) is 5.10 Å². The summed E-state index contributed by atoms with van der Waals surface area (Å²) in [6, 6.07) is 9.52. The average Bonchev–Trinajstić information content (AvgIpc) is 3.49. The van der Waals surface area contributed by atoms with Crippen molar-refractivity contribution in [1.82, 2.24) is 19.7 Å². The number of aromatic nitrogens is 3. The van der Waals surface area contributed by atoms with Crippen LogP contribution >= 0.6 is 11.3 Å². The quantitative estimate of drug-likeness (QED) is 0.568. The van der Waals surface area contributed by atoms with Crippen molar-refractivity contribution in [3.63, 3.8) is 0 Å². The molecule has 0 saturated carbocycles. The summed E-state index contributed by atoms with van der Waals surface area (Å²) in [6.07, 6.45) is 3.72. The highest BCUT2D eigenvalue weighted by atomic mass is 32.1. The largest absolute Gasteiger partial charge is 0.308 e. The van der Waals surface area contributed by atoms with Gasteiger partial charge in [0.25, 0.3) is 5.91 Å². The summed E-state index contributed by atoms with van der Waals surface area (Å²) in [5.41, 5.74) is 2.72. The van der Waals surface area contributed by atoms with Crippen molar-refractivity contribution in [3.8, 4) is 0 Å². The molecule has 0 bridgehead atoms. The second-order valence-corrected chi connectivity index (χ2v) is 10.3. The Morgan fingerprint density at radius 1 is 1.15 bits per heavy atom. The van der Waals surface area contributed by atoms with Crippen LogP contribution in [0.3, 0.4) is 0 Å². The number of benzene rings is 1. The van der Waals surface area contributed by atoms with Gasteiger partial charge in [0.05, 0.1) is 18.3 Å². The lowest BCUT2D eigenvalue weighted by Gasteiger charge is -2.22. The standard InChI is InChI=1S/C24H30N6O2S/c1-24(2,3)17-9-7-16(8-10-17)22(32)27-23-25-18(15-33-23)19-6-5-12-30(19)14-21(31)26-20-11-13-29(4)28-20/h7-11,13,15,19H,5-6,12,14H2,1-4H3,(H,25,27,32)(H,26,28,31)/t19-/m1/s1. The molecular weight excluding hydrogens is 436 g/mol. The third kappa shape index (κ3) is 5.66. The predicted molar refractivity (Wildman–Crippen MR) is 131 cm³/mol. The number of rotatable bonds is 6. The van der Waals surface area contributed by atoms with Gasteiger partial charge in [0.15, 0.2) is 10.9 Å². The van der Waals surface area contributed by atoms with Gasteiger partial charge in [0.1, 0.15) is 0 Å². The van der Waals surface area contributed by atoms with Gasteiger partial charge < -0.3 is 5.32 Å². The van der Waals surface area contributed by atoms with Crippen LogP contribution in [0, 0.1) is 0 Å². The number of hydrogen-bond donors (Lipinski definition) is 2. The number of thiazole rings is 1. The van der Waals surface area contributed by atoms with E-state index < -0.39 is 0 Å². The molecule has 0 unspecified atom stereocenters. The summed E-state index contributed by atoms with van der Waals surface area (Å²) in [4.78, 5) is 31.9. The van der Waals surface area contributed by atoms with Crippen molar-refractivity contribution < 1.29 is 9.59 Å². The smallest absolute Gasteiger partial charge is 0.257 e. The van der Waals surface area contributed by atoms with Crippen molar-refractivity contribution in [1.29, 1.82) is 0 Å². The SMILES string of the molecule is Cn1ccc(NC(=O)CN2CCC[C@@H]2c2csc(NC(=O)c3ccc(C(C)(C)C)cc3)n2)n1. The summed E-state index contributed by atoms with van der Waals surface area (Å²) in [5.74, 6) is 0.282. The Bertz CT molecular complexity index is 1130. The van der Waals surface area contributed by atoms with Gasteiger partial charge in [-0.25, -0.2) is 4.98 Å². The average molecular weight is 467 g/mol. The van der Waals surface area contributed by atoms with Crippen molar-refractivity contribution in [2.24, 2.45) is 7.05 Å². The monoisotopic (exact) mass is 466 g/mol. The molecule has 3 heterocycles. The Balaban J connectivity index is 1.36. The minimum atomic E-state index is -0.172. The maximum atomic E-state index is 12.7. The van der Waals surface area contributed by atoms with E-state index in [0.29, 0.717) is 16.5 Å². The van der Waals surface area contributed by atoms with Crippen molar-refractivity contribution in [2.45, 2.75) is 45.1 Å². The molecule has 4 rings (SSSR count). The molecule has 8 nitrogen and oxygen atoms in total. The Morgan fingerprint density at radius 3 is 2.58 bits per heavy atom. The number of nitrogens with one attached hydrogen (secondary N) is 2. The van der Waals surface area contributed by atoms with E-state index in [-0.39, 0.29) is 29.8 Å². The molecule has 1 atom stereocenters. The van der Waals surface area contributed by atoms with E-state index in [0.717, 1.165) is 25.1 Å². The molecule has 3 aromatic rings. The van der Waals surface area contributed by atoms with Crippen molar-refractivity contribution >= 4 is 34.1 Å². The molecule has 1 aliphatic rings. The molecule has 9 heteroatoms. The molecule has 1 saturated heterocycles. The zero-order chi connectivity index (χ0) is 23.6. The number of aryl methyl sites for hydroxylation is 1. The summed E-state index contributed by atoms with van der Waals surface area (Å²) < 4.78 is 1.65. The summed E-state index contributed by atoms with van der Waals surface area (Å²) in [6.45, 7) is 7.55. The van der Waals surface area contributed by atoms with E-state index in [1.807, 2.05) is 36.7 Å². The number of carbonyl (C=O) groups excluding carboxylic acids is 2. The Morgan fingerprint density at radius 2 is 1.91 bits per heavy atom. The first kappa shape index (κ1) is 23.1. The van der Waals surface area contributed by atoms with Crippen LogP contribution in [-0.4, -0.2) is 44.6 Å². The normalized spacial score (nSPS) is 16.7. The van der Waals surface area contributed by atoms with Gasteiger partial charge >= 0.3 is 0 Å². The maximum absolute atomic E-state index is 12.7. The number of carbonyl (C=O) groups is 2. The van der Waals surface area contributed by atoms with Crippen LogP contribution in [0.15, 0.2) is 41.9 Å². The zero-order valence-electron chi connectivity index (χ0n) is 19.5. The van der Waals surface area contributed by atoms with Crippen LogP contribution in [0.1, 0.15) is 61.3 Å². The van der Waals surface area contributed by atoms with Gasteiger partial charge in [-0.1, -0.05) is 32.9 Å². The lowest BCUT2D eigenvalue weighted by molar-refractivity contribution is -0.117. The molecule has 0 aliphatic carbocycles. The molecule has 1 fully saturated rings. The summed E-state index contributed by atoms with van der Waals surface area (Å²) in [7, 11) is 1.81. The van der Waals surface area contributed by atoms with E-state index >= 15 is 0 Å². The lowest BCUT2D eigenvalue weighted by atomic mass is 9.87. The van der Waals surface area contributed by atoms with Crippen LogP contribution in [-0.2, 0) is 17.3 Å². The van der Waals surface area contributed by atoms with Crippen LogP contribution in [0.25, 0.3) is 0 Å². The van der Waals surface area contributed by atoms with Crippen molar-refractivity contribution in [3.05, 3.63) is 58.7 Å². The van der Waals surface area contributed by atoms with Crippen LogP contribution in [0.5, 0.6) is 0 Å². The number of nitrogens with zero attached hydrogens (tertiary/aromatic N) is 4. The highest BCUT2D eigenvalue weighted by Crippen LogP contribution is 2.33. The van der Waals surface area contributed by atoms with Gasteiger partial charge in [0, 0.05) is 30.3 Å². The summed E-state index contributed by atoms with van der Waals surface area (Å²) >= 11 is 1.41. The number of amides is 2. The lowest BCUT2D eigenvalue weighted by Crippen LogP contribution is -2.33. The minimum Gasteiger partial charge on any atom is -0.308 e. The molecule has 174 valence electrons. The van der Waals surface area contributed by atoms with E-state index in [4.69, 9.17) is 0 Å². The summed E-state index contributed by atoms with van der Waals surface area (Å²) in [5, 5.41) is 12.5. The molecular formula is C24H30N6O2S. The molecule has 1 aliphatic heterocycles. The first-order valence-corrected chi connectivity index (χ1v) is 12.0. The first-order valence-electron chi connectivity index (χ1n) is 11.1. The molecule has 33 heavy (non-hydrogen) atoms. The number of hydrogen-bond acceptors (Lipinski definition) is 6. The van der Waals surface area contributed by atoms with Gasteiger partial charge in [-0.15, -0.1) is 11.3 Å². The van der Waals surface area contributed by atoms with Crippen molar-refractivity contribution in [2.75, 3.05) is 23.7 Å². The Kier molecular flexibility index (Phi) is 6.62. The fourth-order valence-electron chi connectivity index (χ4n) is 3.99. The Labute approximate surface area is 198 Å². The molecule has 2 N–H and O–H groups in total. The second-order valence-electron chi connectivity index (χ2n) is 9.41. The number of anilines is 2. The maximum Gasteiger partial charge on any atom is 0.257 e.